The summed E-state index contributed by atoms with van der Waals surface area (Å²) in [5.41, 5.74) is 8.11. The molecular weight excluding hydrogens is 250 g/mol. The fourth-order valence-electron chi connectivity index (χ4n) is 2.03. The first-order valence-corrected chi connectivity index (χ1v) is 6.40. The Morgan fingerprint density at radius 3 is 2.60 bits per heavy atom. The van der Waals surface area contributed by atoms with Crippen LogP contribution in [-0.4, -0.2) is 0 Å². The molecule has 0 atom stereocenters. The molecular formula is C16H15N3O. The number of nitriles is 1. The van der Waals surface area contributed by atoms with Crippen molar-refractivity contribution in [3.05, 3.63) is 47.3 Å². The highest BCUT2D eigenvalue weighted by atomic mass is 16.3. The summed E-state index contributed by atoms with van der Waals surface area (Å²) in [5, 5.41) is 18.0. The zero-order valence-corrected chi connectivity index (χ0v) is 11.4. The van der Waals surface area contributed by atoms with Crippen molar-refractivity contribution in [3.63, 3.8) is 0 Å². The average molecular weight is 265 g/mol. The molecule has 100 valence electrons. The maximum absolute atomic E-state index is 9.30. The Kier molecular flexibility index (Phi) is 3.72. The first kappa shape index (κ1) is 13.6. The van der Waals surface area contributed by atoms with Crippen molar-refractivity contribution in [1.82, 2.24) is 0 Å². The van der Waals surface area contributed by atoms with Gasteiger partial charge < -0.3 is 15.6 Å². The van der Waals surface area contributed by atoms with Crippen molar-refractivity contribution >= 4 is 16.7 Å². The van der Waals surface area contributed by atoms with Gasteiger partial charge in [0.15, 0.2) is 0 Å². The second-order valence-electron chi connectivity index (χ2n) is 4.06. The van der Waals surface area contributed by atoms with Crippen LogP contribution in [0.4, 0.5) is 5.69 Å². The Morgan fingerprint density at radius 1 is 1.15 bits per heavy atom. The van der Waals surface area contributed by atoms with Crippen LogP contribution in [0.3, 0.4) is 0 Å². The number of anilines is 1. The molecule has 1 aromatic carbocycles. The summed E-state index contributed by atoms with van der Waals surface area (Å²) in [5.74, 6) is 0.525. The summed E-state index contributed by atoms with van der Waals surface area (Å²) in [6.07, 6.45) is 0. The number of hydrogen-bond donors (Lipinski definition) is 2. The molecule has 3 rings (SSSR count). The summed E-state index contributed by atoms with van der Waals surface area (Å²) in [4.78, 5) is 0. The van der Waals surface area contributed by atoms with Crippen molar-refractivity contribution in [2.75, 3.05) is 5.73 Å². The highest BCUT2D eigenvalue weighted by Gasteiger charge is 2.14. The highest BCUT2D eigenvalue weighted by Crippen LogP contribution is 2.32. The zero-order chi connectivity index (χ0) is 14.7. The molecule has 0 aromatic heterocycles. The van der Waals surface area contributed by atoms with Crippen molar-refractivity contribution in [2.24, 2.45) is 0 Å². The summed E-state index contributed by atoms with van der Waals surface area (Å²) in [6, 6.07) is 12.4. The Bertz CT molecular complexity index is 827. The molecule has 1 aromatic rings. The van der Waals surface area contributed by atoms with Gasteiger partial charge in [0, 0.05) is 28.8 Å². The lowest BCUT2D eigenvalue weighted by molar-refractivity contribution is 0.618. The zero-order valence-electron chi connectivity index (χ0n) is 11.4. The molecule has 2 aliphatic rings. The van der Waals surface area contributed by atoms with Gasteiger partial charge in [-0.25, -0.2) is 0 Å². The Hall–Kier alpha value is -2.80. The molecule has 0 saturated heterocycles. The molecule has 4 heteroatoms. The predicted octanol–water partition coefficient (Wildman–Crippen LogP) is 3.50. The molecule has 1 heterocycles. The van der Waals surface area contributed by atoms with Gasteiger partial charge in [0.25, 0.3) is 0 Å². The number of rotatable bonds is 0. The Labute approximate surface area is 116 Å². The van der Waals surface area contributed by atoms with Gasteiger partial charge in [-0.15, -0.1) is 0 Å². The SMILES string of the molecule is CC.N#Cc1c2ccc(=N)cc-2oc2cc(N)ccc12. The van der Waals surface area contributed by atoms with Gasteiger partial charge in [-0.05, 0) is 24.3 Å². The number of benzene rings is 2. The lowest BCUT2D eigenvalue weighted by Gasteiger charge is -2.10. The molecule has 0 fully saturated rings. The quantitative estimate of drug-likeness (QED) is 0.481. The molecule has 0 spiro atoms. The van der Waals surface area contributed by atoms with Gasteiger partial charge in [-0.3, -0.25) is 0 Å². The molecule has 0 saturated carbocycles. The molecule has 0 radical (unpaired) electrons. The number of hydrogen-bond acceptors (Lipinski definition) is 4. The van der Waals surface area contributed by atoms with E-state index in [0.29, 0.717) is 33.5 Å². The first-order valence-electron chi connectivity index (χ1n) is 6.40. The number of nitrogen functional groups attached to an aromatic ring is 1. The predicted molar refractivity (Wildman–Crippen MR) is 79.2 cm³/mol. The summed E-state index contributed by atoms with van der Waals surface area (Å²) >= 11 is 0. The monoisotopic (exact) mass is 265 g/mol. The largest absolute Gasteiger partial charge is 0.456 e. The molecule has 3 N–H and O–H groups in total. The van der Waals surface area contributed by atoms with E-state index >= 15 is 0 Å². The van der Waals surface area contributed by atoms with E-state index in [1.54, 1.807) is 36.4 Å². The minimum Gasteiger partial charge on any atom is -0.456 e. The van der Waals surface area contributed by atoms with Gasteiger partial charge in [-0.1, -0.05) is 13.8 Å². The van der Waals surface area contributed by atoms with Gasteiger partial charge in [0.1, 0.15) is 17.4 Å². The van der Waals surface area contributed by atoms with Crippen molar-refractivity contribution in [3.8, 4) is 17.4 Å². The topological polar surface area (TPSA) is 86.8 Å². The smallest absolute Gasteiger partial charge is 0.138 e. The van der Waals surface area contributed by atoms with Gasteiger partial charge in [0.2, 0.25) is 0 Å². The van der Waals surface area contributed by atoms with Crippen LogP contribution in [0.25, 0.3) is 22.3 Å². The fourth-order valence-corrected chi connectivity index (χ4v) is 2.03. The minimum absolute atomic E-state index is 0.346. The number of fused-ring (bicyclic) bond motifs is 2. The van der Waals surface area contributed by atoms with E-state index in [2.05, 4.69) is 6.07 Å². The Balaban J connectivity index is 0.000000704. The third-order valence-electron chi connectivity index (χ3n) is 2.86. The third-order valence-corrected chi connectivity index (χ3v) is 2.86. The van der Waals surface area contributed by atoms with Crippen LogP contribution in [0.1, 0.15) is 19.4 Å². The third kappa shape index (κ3) is 2.21. The molecule has 20 heavy (non-hydrogen) atoms. The van der Waals surface area contributed by atoms with Crippen LogP contribution in [0.5, 0.6) is 0 Å². The number of nitrogens with zero attached hydrogens (tertiary/aromatic N) is 1. The summed E-state index contributed by atoms with van der Waals surface area (Å²) < 4.78 is 5.70. The van der Waals surface area contributed by atoms with Crippen molar-refractivity contribution < 1.29 is 4.42 Å². The maximum Gasteiger partial charge on any atom is 0.138 e. The van der Waals surface area contributed by atoms with Crippen LogP contribution in [0.15, 0.2) is 40.8 Å². The number of nitrogens with two attached hydrogens (primary N) is 1. The normalized spacial score (nSPS) is 9.85. The lowest BCUT2D eigenvalue weighted by atomic mass is 10.0. The maximum atomic E-state index is 9.30. The van der Waals surface area contributed by atoms with E-state index in [4.69, 9.17) is 15.6 Å². The average Bonchev–Trinajstić information content (AvgIpc) is 2.46. The lowest BCUT2D eigenvalue weighted by Crippen LogP contribution is -2.00. The first-order chi connectivity index (χ1) is 9.69. The molecule has 1 aliphatic carbocycles. The standard InChI is InChI=1S/C14H9N3O.C2H6/c15-7-12-10-3-1-8(16)5-13(10)18-14-6-9(17)2-4-11(12)14;1-2/h1-6,16H,17H2;1-2H3. The minimum atomic E-state index is 0.346. The van der Waals surface area contributed by atoms with E-state index in [9.17, 15) is 5.26 Å². The van der Waals surface area contributed by atoms with Crippen molar-refractivity contribution in [1.29, 1.82) is 10.7 Å². The van der Waals surface area contributed by atoms with E-state index < -0.39 is 0 Å². The molecule has 0 bridgehead atoms. The highest BCUT2D eigenvalue weighted by molar-refractivity contribution is 5.92. The van der Waals surface area contributed by atoms with Gasteiger partial charge in [-0.2, -0.15) is 5.26 Å². The second-order valence-corrected chi connectivity index (χ2v) is 4.06. The second kappa shape index (κ2) is 5.45. The Morgan fingerprint density at radius 2 is 1.90 bits per heavy atom. The van der Waals surface area contributed by atoms with E-state index in [-0.39, 0.29) is 0 Å². The van der Waals surface area contributed by atoms with E-state index in [1.807, 2.05) is 13.8 Å². The molecule has 1 aliphatic heterocycles. The molecule has 0 amide bonds. The fraction of sp³-hybridized carbons (Fsp3) is 0.125. The molecule has 4 nitrogen and oxygen atoms in total. The van der Waals surface area contributed by atoms with Crippen LogP contribution in [0.2, 0.25) is 0 Å². The van der Waals surface area contributed by atoms with Crippen LogP contribution >= 0.6 is 0 Å². The van der Waals surface area contributed by atoms with Crippen LogP contribution in [0, 0.1) is 16.7 Å². The van der Waals surface area contributed by atoms with Gasteiger partial charge >= 0.3 is 0 Å². The van der Waals surface area contributed by atoms with Crippen LogP contribution < -0.4 is 11.1 Å². The van der Waals surface area contributed by atoms with E-state index in [0.717, 1.165) is 5.39 Å². The van der Waals surface area contributed by atoms with E-state index in [1.165, 1.54) is 0 Å². The number of nitrogens with one attached hydrogen (secondary N) is 1. The summed E-state index contributed by atoms with van der Waals surface area (Å²) in [6.45, 7) is 4.00. The van der Waals surface area contributed by atoms with Crippen LogP contribution in [-0.2, 0) is 0 Å². The molecule has 0 unspecified atom stereocenters. The summed E-state index contributed by atoms with van der Waals surface area (Å²) in [7, 11) is 0. The van der Waals surface area contributed by atoms with Crippen molar-refractivity contribution in [2.45, 2.75) is 13.8 Å². The van der Waals surface area contributed by atoms with Gasteiger partial charge in [0.05, 0.1) is 10.9 Å².